The van der Waals surface area contributed by atoms with Crippen LogP contribution in [0, 0.1) is 0 Å². The van der Waals surface area contributed by atoms with Gasteiger partial charge >= 0.3 is 0 Å². The Balaban J connectivity index is 1.63. The fourth-order valence-electron chi connectivity index (χ4n) is 2.75. The highest BCUT2D eigenvalue weighted by atomic mass is 16.5. The van der Waals surface area contributed by atoms with Crippen LogP contribution in [-0.2, 0) is 6.42 Å². The zero-order valence-electron chi connectivity index (χ0n) is 12.8. The van der Waals surface area contributed by atoms with Crippen LogP contribution in [0.5, 0.6) is 5.75 Å². The minimum absolute atomic E-state index is 0.261. The van der Waals surface area contributed by atoms with E-state index < -0.39 is 11.7 Å². The van der Waals surface area contributed by atoms with Crippen molar-refractivity contribution < 1.29 is 14.9 Å². The number of hydrogen-bond donors (Lipinski definition) is 3. The first-order valence-electron chi connectivity index (χ1n) is 7.94. The second-order valence-corrected chi connectivity index (χ2v) is 6.02. The number of aliphatic hydroxyl groups is 2. The molecular weight excluding hydrogens is 266 g/mol. The molecule has 1 aromatic rings. The predicted octanol–water partition coefficient (Wildman–Crippen LogP) is 1.88. The van der Waals surface area contributed by atoms with Gasteiger partial charge in [-0.1, -0.05) is 31.9 Å². The molecule has 118 valence electrons. The Morgan fingerprint density at radius 1 is 1.24 bits per heavy atom. The van der Waals surface area contributed by atoms with Crippen LogP contribution in [0.3, 0.4) is 0 Å². The maximum atomic E-state index is 10.2. The molecule has 1 atom stereocenters. The normalized spacial score (nSPS) is 18.6. The summed E-state index contributed by atoms with van der Waals surface area (Å²) >= 11 is 0. The average molecular weight is 293 g/mol. The second-order valence-electron chi connectivity index (χ2n) is 6.02. The van der Waals surface area contributed by atoms with E-state index in [4.69, 9.17) is 4.74 Å². The van der Waals surface area contributed by atoms with Crippen LogP contribution >= 0.6 is 0 Å². The van der Waals surface area contributed by atoms with Crippen LogP contribution in [0.1, 0.15) is 38.2 Å². The third kappa shape index (κ3) is 5.30. The van der Waals surface area contributed by atoms with Crippen molar-refractivity contribution in [1.29, 1.82) is 0 Å². The summed E-state index contributed by atoms with van der Waals surface area (Å²) in [4.78, 5) is 0. The van der Waals surface area contributed by atoms with E-state index in [0.29, 0.717) is 13.1 Å². The molecule has 4 heteroatoms. The van der Waals surface area contributed by atoms with Crippen molar-refractivity contribution in [1.82, 2.24) is 5.32 Å². The molecule has 0 heterocycles. The lowest BCUT2D eigenvalue weighted by Crippen LogP contribution is -2.42. The average Bonchev–Trinajstić information content (AvgIpc) is 2.92. The molecule has 0 amide bonds. The van der Waals surface area contributed by atoms with Gasteiger partial charge < -0.3 is 20.3 Å². The highest BCUT2D eigenvalue weighted by molar-refractivity contribution is 5.27. The smallest absolute Gasteiger partial charge is 0.119 e. The van der Waals surface area contributed by atoms with Crippen molar-refractivity contribution in [2.75, 3.05) is 19.7 Å². The molecule has 21 heavy (non-hydrogen) atoms. The Morgan fingerprint density at radius 2 is 1.90 bits per heavy atom. The van der Waals surface area contributed by atoms with E-state index in [0.717, 1.165) is 37.9 Å². The first kappa shape index (κ1) is 16.3. The highest BCUT2D eigenvalue weighted by Crippen LogP contribution is 2.28. The third-order valence-corrected chi connectivity index (χ3v) is 4.14. The lowest BCUT2D eigenvalue weighted by Gasteiger charge is -2.23. The lowest BCUT2D eigenvalue weighted by molar-refractivity contribution is 0.0406. The summed E-state index contributed by atoms with van der Waals surface area (Å²) in [6.45, 7) is 3.37. The maximum Gasteiger partial charge on any atom is 0.119 e. The molecule has 1 saturated carbocycles. The van der Waals surface area contributed by atoms with E-state index >= 15 is 0 Å². The molecule has 4 nitrogen and oxygen atoms in total. The van der Waals surface area contributed by atoms with Gasteiger partial charge in [-0.3, -0.25) is 0 Å². The molecule has 0 bridgehead atoms. The molecule has 1 aliphatic carbocycles. The van der Waals surface area contributed by atoms with E-state index in [2.05, 4.69) is 12.2 Å². The number of hydrogen-bond acceptors (Lipinski definition) is 4. The summed E-state index contributed by atoms with van der Waals surface area (Å²) in [6.07, 6.45) is 4.35. The molecule has 0 saturated heterocycles. The van der Waals surface area contributed by atoms with Crippen molar-refractivity contribution in [3.63, 3.8) is 0 Å². The molecule has 1 aliphatic rings. The summed E-state index contributed by atoms with van der Waals surface area (Å²) in [6, 6.07) is 7.94. The van der Waals surface area contributed by atoms with E-state index in [-0.39, 0.29) is 6.61 Å². The standard InChI is InChI=1S/C17H27NO3/c1-2-14-5-7-16(8-6-14)21-12-15(19)11-18-13-17(20)9-3-4-10-17/h5-8,15,18-20H,2-4,9-13H2,1H3. The van der Waals surface area contributed by atoms with Crippen LogP contribution in [-0.4, -0.2) is 41.6 Å². The fourth-order valence-corrected chi connectivity index (χ4v) is 2.75. The molecular formula is C17H27NO3. The summed E-state index contributed by atoms with van der Waals surface area (Å²) in [7, 11) is 0. The molecule has 2 rings (SSSR count). The highest BCUT2D eigenvalue weighted by Gasteiger charge is 2.30. The molecule has 0 aliphatic heterocycles. The van der Waals surface area contributed by atoms with Crippen LogP contribution in [0.15, 0.2) is 24.3 Å². The summed E-state index contributed by atoms with van der Waals surface area (Å²) < 4.78 is 5.56. The number of aryl methyl sites for hydroxylation is 1. The van der Waals surface area contributed by atoms with Gasteiger partial charge in [0.2, 0.25) is 0 Å². The molecule has 3 N–H and O–H groups in total. The van der Waals surface area contributed by atoms with Gasteiger partial charge in [-0.2, -0.15) is 0 Å². The Kier molecular flexibility index (Phi) is 6.03. The van der Waals surface area contributed by atoms with E-state index in [9.17, 15) is 10.2 Å². The van der Waals surface area contributed by atoms with Crippen molar-refractivity contribution in [3.8, 4) is 5.75 Å². The number of benzene rings is 1. The maximum absolute atomic E-state index is 10.2. The predicted molar refractivity (Wildman–Crippen MR) is 83.6 cm³/mol. The van der Waals surface area contributed by atoms with Crippen molar-refractivity contribution in [2.45, 2.75) is 50.7 Å². The molecule has 0 aromatic heterocycles. The molecule has 1 fully saturated rings. The first-order valence-corrected chi connectivity index (χ1v) is 7.94. The largest absolute Gasteiger partial charge is 0.491 e. The number of nitrogens with one attached hydrogen (secondary N) is 1. The van der Waals surface area contributed by atoms with Gasteiger partial charge in [0, 0.05) is 13.1 Å². The van der Waals surface area contributed by atoms with Gasteiger partial charge in [-0.05, 0) is 37.0 Å². The number of ether oxygens (including phenoxy) is 1. The van der Waals surface area contributed by atoms with Gasteiger partial charge in [-0.15, -0.1) is 0 Å². The van der Waals surface area contributed by atoms with Gasteiger partial charge in [-0.25, -0.2) is 0 Å². The zero-order valence-corrected chi connectivity index (χ0v) is 12.8. The number of rotatable bonds is 8. The minimum atomic E-state index is -0.573. The molecule has 1 unspecified atom stereocenters. The van der Waals surface area contributed by atoms with Gasteiger partial charge in [0.25, 0.3) is 0 Å². The minimum Gasteiger partial charge on any atom is -0.491 e. The van der Waals surface area contributed by atoms with Crippen molar-refractivity contribution >= 4 is 0 Å². The summed E-state index contributed by atoms with van der Waals surface area (Å²) in [5.41, 5.74) is 0.700. The lowest BCUT2D eigenvalue weighted by atomic mass is 10.0. The second kappa shape index (κ2) is 7.78. The first-order chi connectivity index (χ1) is 10.1. The zero-order chi connectivity index (χ0) is 15.1. The van der Waals surface area contributed by atoms with E-state index in [1.54, 1.807) is 0 Å². The Hall–Kier alpha value is -1.10. The third-order valence-electron chi connectivity index (χ3n) is 4.14. The number of aliphatic hydroxyl groups excluding tert-OH is 1. The molecule has 0 spiro atoms. The van der Waals surface area contributed by atoms with Crippen molar-refractivity contribution in [3.05, 3.63) is 29.8 Å². The van der Waals surface area contributed by atoms with Gasteiger partial charge in [0.1, 0.15) is 18.5 Å². The van der Waals surface area contributed by atoms with Crippen LogP contribution in [0.25, 0.3) is 0 Å². The Bertz CT molecular complexity index is 413. The van der Waals surface area contributed by atoms with Crippen LogP contribution < -0.4 is 10.1 Å². The fraction of sp³-hybridized carbons (Fsp3) is 0.647. The quantitative estimate of drug-likeness (QED) is 0.685. The van der Waals surface area contributed by atoms with Crippen LogP contribution in [0.4, 0.5) is 0 Å². The van der Waals surface area contributed by atoms with Crippen LogP contribution in [0.2, 0.25) is 0 Å². The van der Waals surface area contributed by atoms with Gasteiger partial charge in [0.05, 0.1) is 5.60 Å². The monoisotopic (exact) mass is 293 g/mol. The van der Waals surface area contributed by atoms with Gasteiger partial charge in [0.15, 0.2) is 0 Å². The molecule has 0 radical (unpaired) electrons. The van der Waals surface area contributed by atoms with E-state index in [1.165, 1.54) is 5.56 Å². The summed E-state index contributed by atoms with van der Waals surface area (Å²) in [5, 5.41) is 23.2. The van der Waals surface area contributed by atoms with E-state index in [1.807, 2.05) is 24.3 Å². The molecule has 1 aromatic carbocycles. The topological polar surface area (TPSA) is 61.7 Å². The Morgan fingerprint density at radius 3 is 2.52 bits per heavy atom. The SMILES string of the molecule is CCc1ccc(OCC(O)CNCC2(O)CCCC2)cc1. The summed E-state index contributed by atoms with van der Waals surface area (Å²) in [5.74, 6) is 0.778. The Labute approximate surface area is 127 Å². The van der Waals surface area contributed by atoms with Crippen molar-refractivity contribution in [2.24, 2.45) is 0 Å².